The molecule has 2 heterocycles. The average molecular weight is 1230 g/mol. The highest BCUT2D eigenvalue weighted by atomic mass is 16.8. The second kappa shape index (κ2) is 44.8. The second-order valence-corrected chi connectivity index (χ2v) is 25.3. The predicted octanol–water partition coefficient (Wildman–Crippen LogP) is 11.5. The quantitative estimate of drug-likeness (QED) is 0.0117. The van der Waals surface area contributed by atoms with Crippen LogP contribution >= 0.6 is 0 Å². The lowest BCUT2D eigenvalue weighted by molar-refractivity contribution is -0.447. The molecule has 18 heteroatoms. The van der Waals surface area contributed by atoms with Crippen LogP contribution in [-0.4, -0.2) is 148 Å². The van der Waals surface area contributed by atoms with Gasteiger partial charge in [0.1, 0.15) is 30.5 Å². The third-order valence-electron chi connectivity index (χ3n) is 17.7. The maximum Gasteiger partial charge on any atom is 0.396 e. The van der Waals surface area contributed by atoms with Crippen LogP contribution in [0.2, 0.25) is 0 Å². The van der Waals surface area contributed by atoms with Crippen molar-refractivity contribution in [2.24, 2.45) is 5.92 Å². The van der Waals surface area contributed by atoms with Gasteiger partial charge in [-0.1, -0.05) is 231 Å². The van der Waals surface area contributed by atoms with Gasteiger partial charge in [0.05, 0.1) is 19.1 Å². The van der Waals surface area contributed by atoms with E-state index in [0.29, 0.717) is 25.7 Å². The topological polar surface area (TPSA) is 300 Å². The molecule has 504 valence electrons. The number of hydrogen-bond donors (Lipinski definition) is 10. The lowest BCUT2D eigenvalue weighted by Crippen LogP contribution is -2.79. The Morgan fingerprint density at radius 1 is 0.442 bits per heavy atom. The molecule has 0 aromatic heterocycles. The van der Waals surface area contributed by atoms with Crippen LogP contribution in [0.1, 0.15) is 304 Å². The van der Waals surface area contributed by atoms with Gasteiger partial charge in [-0.2, -0.15) is 0 Å². The molecule has 0 radical (unpaired) electrons. The van der Waals surface area contributed by atoms with Gasteiger partial charge < -0.3 is 74.7 Å². The van der Waals surface area contributed by atoms with Crippen molar-refractivity contribution < 1.29 is 89.1 Å². The van der Waals surface area contributed by atoms with Gasteiger partial charge in [0.25, 0.3) is 5.79 Å². The van der Waals surface area contributed by atoms with E-state index in [-0.39, 0.29) is 19.3 Å². The molecular weight excluding hydrogens is 1100 g/mol. The van der Waals surface area contributed by atoms with Gasteiger partial charge >= 0.3 is 23.7 Å². The summed E-state index contributed by atoms with van der Waals surface area (Å²) < 4.78 is 28.8. The van der Waals surface area contributed by atoms with Crippen LogP contribution in [-0.2, 0) is 38.1 Å². The molecule has 86 heavy (non-hydrogen) atoms. The number of esters is 3. The summed E-state index contributed by atoms with van der Waals surface area (Å²) in [5.74, 6) is -20.4. The Bertz CT molecular complexity index is 1770. The fourth-order valence-electron chi connectivity index (χ4n) is 12.1. The molecule has 0 bridgehead atoms. The summed E-state index contributed by atoms with van der Waals surface area (Å²) in [5.41, 5.74) is -3.37. The molecule has 0 spiro atoms. The fraction of sp³-hybridized carbons (Fsp3) is 0.897. The molecule has 0 aromatic rings. The van der Waals surface area contributed by atoms with E-state index in [1.165, 1.54) is 96.3 Å². The van der Waals surface area contributed by atoms with Gasteiger partial charge in [0.15, 0.2) is 17.5 Å². The van der Waals surface area contributed by atoms with E-state index >= 15 is 4.79 Å². The van der Waals surface area contributed by atoms with E-state index < -0.39 is 122 Å². The van der Waals surface area contributed by atoms with Crippen LogP contribution < -0.4 is 0 Å². The third kappa shape index (κ3) is 27.1. The lowest BCUT2D eigenvalue weighted by atomic mass is 9.66. The summed E-state index contributed by atoms with van der Waals surface area (Å²) in [4.78, 5) is 44.8. The summed E-state index contributed by atoms with van der Waals surface area (Å²) in [6, 6.07) is 0. The van der Waals surface area contributed by atoms with E-state index in [9.17, 15) is 60.7 Å². The molecule has 0 aromatic carbocycles. The highest BCUT2D eigenvalue weighted by Gasteiger charge is 2.75. The van der Waals surface area contributed by atoms with Crippen LogP contribution in [0.5, 0.6) is 0 Å². The Morgan fingerprint density at radius 3 is 1.09 bits per heavy atom. The number of carbonyl (C=O) groups excluding carboxylic acids is 3. The molecule has 11 atom stereocenters. The number of hydrogen-bond acceptors (Lipinski definition) is 18. The van der Waals surface area contributed by atoms with Gasteiger partial charge in [-0.15, -0.1) is 0 Å². The van der Waals surface area contributed by atoms with Crippen molar-refractivity contribution in [3.05, 3.63) is 24.3 Å². The highest BCUT2D eigenvalue weighted by Crippen LogP contribution is 2.51. The first kappa shape index (κ1) is 79.5. The standard InChI is InChI=1S/C68H124O18/c1-6-9-12-15-18-21-24-27-29-32-35-38-41-44-47-50-57(71)84-67(63(77)86-68(81)62(76)60(74)55(53-70)83-65(68,5)79,85-58(72)51-48-45-42-39-36-33-30-28-25-22-19-16-13-10-7-2)56(66(80)61(75)59(73)54(52-69)82-64(66,4)78)49-46-43-40-37-34-31-26-23-20-17-14-11-8-3/h27-30,54-56,59-62,69-70,73-76,78-81H,6-26,31-53H2,1-5H3/b29-27-,30-28-/t54-,55-,56?,59-,60-,61+,62+,64?,65?,66-,68-/m1/s1. The van der Waals surface area contributed by atoms with Gasteiger partial charge in [-0.05, 0) is 84.5 Å². The summed E-state index contributed by atoms with van der Waals surface area (Å²) in [6.45, 7) is 6.30. The SMILES string of the molecule is CCCCCCCC/C=C\CCCCCCCC(=O)OC(OC(=O)CCCCCCC/C=C\CCCCCCCC)(C(=O)O[C@]1(O)[C@@H](O)[C@H](O)[C@@H](CO)OC1(C)O)C(CCCCCCCCCCCCCCC)[C@@]1(O)[C@@H](O)[C@H](O)[C@@H](CO)OC1(C)O. The minimum Gasteiger partial charge on any atom is -0.418 e. The first-order valence-corrected chi connectivity index (χ1v) is 34.4. The number of carbonyl (C=O) groups is 3. The molecular formula is C68H124O18. The third-order valence-corrected chi connectivity index (χ3v) is 17.7. The van der Waals surface area contributed by atoms with Crippen molar-refractivity contribution in [2.75, 3.05) is 13.2 Å². The molecule has 2 saturated heterocycles. The number of aliphatic hydroxyl groups excluding tert-OH is 6. The van der Waals surface area contributed by atoms with E-state index in [1.807, 2.05) is 0 Å². The summed E-state index contributed by atoms with van der Waals surface area (Å²) >= 11 is 0. The van der Waals surface area contributed by atoms with Crippen LogP contribution in [0.15, 0.2) is 24.3 Å². The largest absolute Gasteiger partial charge is 0.418 e. The Balaban J connectivity index is 2.59. The molecule has 18 nitrogen and oxygen atoms in total. The Hall–Kier alpha value is -2.59. The van der Waals surface area contributed by atoms with E-state index in [4.69, 9.17) is 23.7 Å². The van der Waals surface area contributed by atoms with Gasteiger partial charge in [0.2, 0.25) is 5.79 Å². The number of rotatable bonds is 52. The first-order valence-electron chi connectivity index (χ1n) is 34.4. The normalized spacial score (nSPS) is 26.6. The van der Waals surface area contributed by atoms with Crippen molar-refractivity contribution >= 4 is 17.9 Å². The zero-order valence-corrected chi connectivity index (χ0v) is 54.2. The number of unbranched alkanes of at least 4 members (excludes halogenated alkanes) is 34. The fourth-order valence-corrected chi connectivity index (χ4v) is 12.1. The molecule has 10 N–H and O–H groups in total. The summed E-state index contributed by atoms with van der Waals surface area (Å²) in [5, 5.41) is 115. The monoisotopic (exact) mass is 1230 g/mol. The maximum atomic E-state index is 15.6. The van der Waals surface area contributed by atoms with E-state index in [2.05, 4.69) is 45.1 Å². The molecule has 2 rings (SSSR count). The van der Waals surface area contributed by atoms with Crippen molar-refractivity contribution in [3.8, 4) is 0 Å². The second-order valence-electron chi connectivity index (χ2n) is 25.3. The molecule has 2 aliphatic heterocycles. The maximum absolute atomic E-state index is 15.6. The molecule has 2 aliphatic rings. The highest BCUT2D eigenvalue weighted by molar-refractivity contribution is 5.86. The van der Waals surface area contributed by atoms with Gasteiger partial charge in [-0.3, -0.25) is 9.59 Å². The Labute approximate surface area is 518 Å². The Kier molecular flexibility index (Phi) is 41.4. The zero-order valence-electron chi connectivity index (χ0n) is 54.2. The average Bonchev–Trinajstić information content (AvgIpc) is 0.724. The van der Waals surface area contributed by atoms with Crippen molar-refractivity contribution in [1.82, 2.24) is 0 Å². The van der Waals surface area contributed by atoms with Gasteiger partial charge in [-0.25, -0.2) is 4.79 Å². The number of allylic oxidation sites excluding steroid dienone is 4. The molecule has 3 unspecified atom stereocenters. The lowest BCUT2D eigenvalue weighted by Gasteiger charge is -2.57. The molecule has 0 saturated carbocycles. The summed E-state index contributed by atoms with van der Waals surface area (Å²) in [7, 11) is 0. The minimum atomic E-state index is -3.71. The van der Waals surface area contributed by atoms with Crippen molar-refractivity contribution in [2.45, 2.75) is 370 Å². The van der Waals surface area contributed by atoms with Crippen LogP contribution in [0, 0.1) is 5.92 Å². The van der Waals surface area contributed by atoms with Crippen LogP contribution in [0.3, 0.4) is 0 Å². The van der Waals surface area contributed by atoms with Gasteiger partial charge in [0, 0.05) is 12.8 Å². The predicted molar refractivity (Wildman–Crippen MR) is 333 cm³/mol. The van der Waals surface area contributed by atoms with E-state index in [0.717, 1.165) is 123 Å². The molecule has 0 amide bonds. The number of ether oxygens (including phenoxy) is 5. The Morgan fingerprint density at radius 2 is 0.744 bits per heavy atom. The van der Waals surface area contributed by atoms with Crippen molar-refractivity contribution in [1.29, 1.82) is 0 Å². The molecule has 0 aliphatic carbocycles. The van der Waals surface area contributed by atoms with Crippen LogP contribution in [0.25, 0.3) is 0 Å². The zero-order chi connectivity index (χ0) is 63.8. The van der Waals surface area contributed by atoms with Crippen molar-refractivity contribution in [3.63, 3.8) is 0 Å². The summed E-state index contributed by atoms with van der Waals surface area (Å²) in [6.07, 6.45) is 31.6. The number of aliphatic hydroxyl groups is 10. The van der Waals surface area contributed by atoms with Crippen LogP contribution in [0.4, 0.5) is 0 Å². The first-order chi connectivity index (χ1) is 41.2. The van der Waals surface area contributed by atoms with E-state index in [1.54, 1.807) is 0 Å². The molecule has 2 fully saturated rings. The minimum absolute atomic E-state index is 0.0317. The smallest absolute Gasteiger partial charge is 0.396 e.